The first kappa shape index (κ1) is 16.3. The highest BCUT2D eigenvalue weighted by Crippen LogP contribution is 2.29. The highest BCUT2D eigenvalue weighted by Gasteiger charge is 2.30. The average Bonchev–Trinajstić information content (AvgIpc) is 2.35. The lowest BCUT2D eigenvalue weighted by Crippen LogP contribution is -2.27. The maximum absolute atomic E-state index is 12.3. The summed E-state index contributed by atoms with van der Waals surface area (Å²) < 4.78 is 36.8. The fourth-order valence-corrected chi connectivity index (χ4v) is 1.81. The van der Waals surface area contributed by atoms with Crippen molar-refractivity contribution in [3.05, 3.63) is 23.9 Å². The smallest absolute Gasteiger partial charge is 0.417 e. The van der Waals surface area contributed by atoms with Crippen molar-refractivity contribution in [2.45, 2.75) is 17.6 Å². The summed E-state index contributed by atoms with van der Waals surface area (Å²) in [6, 6.07) is 2.07. The summed E-state index contributed by atoms with van der Waals surface area (Å²) in [5, 5.41) is 11.0. The molecular formula is C11H11F3N2O3S. The Morgan fingerprint density at radius 2 is 2.05 bits per heavy atom. The number of halogens is 3. The van der Waals surface area contributed by atoms with Gasteiger partial charge in [0.2, 0.25) is 5.91 Å². The van der Waals surface area contributed by atoms with E-state index >= 15 is 0 Å². The number of rotatable bonds is 6. The van der Waals surface area contributed by atoms with Gasteiger partial charge in [-0.3, -0.25) is 9.59 Å². The van der Waals surface area contributed by atoms with E-state index in [4.69, 9.17) is 5.11 Å². The zero-order chi connectivity index (χ0) is 15.2. The largest absolute Gasteiger partial charge is 0.481 e. The highest BCUT2D eigenvalue weighted by molar-refractivity contribution is 7.99. The number of pyridine rings is 1. The van der Waals surface area contributed by atoms with Crippen molar-refractivity contribution in [3.8, 4) is 0 Å². The van der Waals surface area contributed by atoms with E-state index in [2.05, 4.69) is 10.3 Å². The topological polar surface area (TPSA) is 79.3 Å². The van der Waals surface area contributed by atoms with Gasteiger partial charge in [0.15, 0.2) is 0 Å². The lowest BCUT2D eigenvalue weighted by molar-refractivity contribution is -0.138. The highest BCUT2D eigenvalue weighted by atomic mass is 32.2. The van der Waals surface area contributed by atoms with Crippen molar-refractivity contribution in [3.63, 3.8) is 0 Å². The molecule has 1 aromatic heterocycles. The third kappa shape index (κ3) is 5.91. The number of carbonyl (C=O) groups is 2. The first-order chi connectivity index (χ1) is 9.29. The third-order valence-electron chi connectivity index (χ3n) is 2.08. The molecule has 0 aliphatic carbocycles. The Bertz CT molecular complexity index is 477. The standard InChI is InChI=1S/C11H11F3N2O3S/c12-11(13,14)7-1-2-9(16-5-7)20-6-8(17)15-4-3-10(18)19/h1-2,5H,3-4,6H2,(H,15,17)(H,18,19). The van der Waals surface area contributed by atoms with Crippen LogP contribution in [0, 0.1) is 0 Å². The molecule has 1 heterocycles. The molecule has 1 rings (SSSR count). The van der Waals surface area contributed by atoms with Gasteiger partial charge in [-0.25, -0.2) is 4.98 Å². The molecule has 0 aliphatic heterocycles. The van der Waals surface area contributed by atoms with Crippen LogP contribution in [-0.4, -0.2) is 34.3 Å². The van der Waals surface area contributed by atoms with Crippen LogP contribution < -0.4 is 5.32 Å². The molecule has 2 N–H and O–H groups in total. The molecule has 20 heavy (non-hydrogen) atoms. The molecule has 0 unspecified atom stereocenters. The van der Waals surface area contributed by atoms with Crippen LogP contribution in [0.5, 0.6) is 0 Å². The molecule has 0 aromatic carbocycles. The van der Waals surface area contributed by atoms with Crippen molar-refractivity contribution in [2.75, 3.05) is 12.3 Å². The fraction of sp³-hybridized carbons (Fsp3) is 0.364. The molecular weight excluding hydrogens is 297 g/mol. The maximum atomic E-state index is 12.3. The summed E-state index contributed by atoms with van der Waals surface area (Å²) in [5.74, 6) is -1.47. The molecule has 9 heteroatoms. The minimum absolute atomic E-state index is 0.00909. The molecule has 0 radical (unpaired) electrons. The van der Waals surface area contributed by atoms with E-state index in [1.807, 2.05) is 0 Å². The number of carboxylic acid groups (broad SMARTS) is 1. The zero-order valence-electron chi connectivity index (χ0n) is 10.1. The number of carbonyl (C=O) groups excluding carboxylic acids is 1. The SMILES string of the molecule is O=C(O)CCNC(=O)CSc1ccc(C(F)(F)F)cn1. The Kier molecular flexibility index (Phi) is 5.81. The normalized spacial score (nSPS) is 11.2. The Morgan fingerprint density at radius 1 is 1.35 bits per heavy atom. The van der Waals surface area contributed by atoms with E-state index in [1.54, 1.807) is 0 Å². The van der Waals surface area contributed by atoms with Gasteiger partial charge in [-0.1, -0.05) is 11.8 Å². The molecule has 1 aromatic rings. The minimum atomic E-state index is -4.44. The van der Waals surface area contributed by atoms with Crippen molar-refractivity contribution >= 4 is 23.6 Å². The van der Waals surface area contributed by atoms with E-state index in [0.29, 0.717) is 6.20 Å². The molecule has 0 saturated heterocycles. The molecule has 0 atom stereocenters. The second-order valence-corrected chi connectivity index (χ2v) is 4.66. The maximum Gasteiger partial charge on any atom is 0.417 e. The lowest BCUT2D eigenvalue weighted by atomic mass is 10.3. The van der Waals surface area contributed by atoms with Crippen molar-refractivity contribution in [2.24, 2.45) is 0 Å². The first-order valence-electron chi connectivity index (χ1n) is 5.43. The van der Waals surface area contributed by atoms with Gasteiger partial charge < -0.3 is 10.4 Å². The quantitative estimate of drug-likeness (QED) is 0.783. The van der Waals surface area contributed by atoms with Crippen LogP contribution in [-0.2, 0) is 15.8 Å². The molecule has 0 aliphatic rings. The number of aromatic nitrogens is 1. The van der Waals surface area contributed by atoms with Crippen molar-refractivity contribution in [1.82, 2.24) is 10.3 Å². The first-order valence-corrected chi connectivity index (χ1v) is 6.42. The molecule has 0 spiro atoms. The van der Waals surface area contributed by atoms with Gasteiger partial charge in [0, 0.05) is 12.7 Å². The second-order valence-electron chi connectivity index (χ2n) is 3.67. The molecule has 110 valence electrons. The molecule has 0 bridgehead atoms. The monoisotopic (exact) mass is 308 g/mol. The summed E-state index contributed by atoms with van der Waals surface area (Å²) in [7, 11) is 0. The van der Waals surface area contributed by atoms with Gasteiger partial charge in [0.25, 0.3) is 0 Å². The van der Waals surface area contributed by atoms with E-state index < -0.39 is 23.6 Å². The molecule has 5 nitrogen and oxygen atoms in total. The van der Waals surface area contributed by atoms with E-state index in [0.717, 1.165) is 17.8 Å². The second kappa shape index (κ2) is 7.13. The number of aliphatic carboxylic acids is 1. The Balaban J connectivity index is 2.38. The van der Waals surface area contributed by atoms with Gasteiger partial charge >= 0.3 is 12.1 Å². The Hall–Kier alpha value is -1.77. The molecule has 0 fully saturated rings. The van der Waals surface area contributed by atoms with Crippen LogP contribution in [0.3, 0.4) is 0 Å². The summed E-state index contributed by atoms with van der Waals surface area (Å²) in [5.41, 5.74) is -0.854. The zero-order valence-corrected chi connectivity index (χ0v) is 10.9. The number of hydrogen-bond donors (Lipinski definition) is 2. The predicted octanol–water partition coefficient (Wildman–Crippen LogP) is 1.78. The van der Waals surface area contributed by atoms with Crippen molar-refractivity contribution < 1.29 is 27.9 Å². The number of alkyl halides is 3. The van der Waals surface area contributed by atoms with Crippen LogP contribution in [0.4, 0.5) is 13.2 Å². The number of carboxylic acids is 1. The number of thioether (sulfide) groups is 1. The third-order valence-corrected chi connectivity index (χ3v) is 3.02. The Morgan fingerprint density at radius 3 is 2.55 bits per heavy atom. The predicted molar refractivity (Wildman–Crippen MR) is 65.2 cm³/mol. The van der Waals surface area contributed by atoms with E-state index in [9.17, 15) is 22.8 Å². The van der Waals surface area contributed by atoms with Crippen LogP contribution in [0.1, 0.15) is 12.0 Å². The lowest BCUT2D eigenvalue weighted by Gasteiger charge is -2.06. The summed E-state index contributed by atoms with van der Waals surface area (Å²) >= 11 is 0.969. The Labute approximate surface area is 116 Å². The summed E-state index contributed by atoms with van der Waals surface area (Å²) in [4.78, 5) is 25.1. The summed E-state index contributed by atoms with van der Waals surface area (Å²) in [6.07, 6.45) is -3.93. The van der Waals surface area contributed by atoms with Gasteiger partial charge in [0.05, 0.1) is 22.8 Å². The number of hydrogen-bond acceptors (Lipinski definition) is 4. The number of nitrogens with zero attached hydrogens (tertiary/aromatic N) is 1. The minimum Gasteiger partial charge on any atom is -0.481 e. The van der Waals surface area contributed by atoms with Gasteiger partial charge in [-0.05, 0) is 12.1 Å². The van der Waals surface area contributed by atoms with Gasteiger partial charge in [0.1, 0.15) is 0 Å². The van der Waals surface area contributed by atoms with Gasteiger partial charge in [-0.2, -0.15) is 13.2 Å². The number of nitrogens with one attached hydrogen (secondary N) is 1. The van der Waals surface area contributed by atoms with Crippen LogP contribution >= 0.6 is 11.8 Å². The molecule has 1 amide bonds. The fourth-order valence-electron chi connectivity index (χ4n) is 1.13. The van der Waals surface area contributed by atoms with Crippen molar-refractivity contribution in [1.29, 1.82) is 0 Å². The average molecular weight is 308 g/mol. The molecule has 0 saturated carbocycles. The van der Waals surface area contributed by atoms with Crippen LogP contribution in [0.2, 0.25) is 0 Å². The van der Waals surface area contributed by atoms with Crippen LogP contribution in [0.15, 0.2) is 23.4 Å². The number of amides is 1. The summed E-state index contributed by atoms with van der Waals surface area (Å²) in [6.45, 7) is 0.00909. The van der Waals surface area contributed by atoms with Gasteiger partial charge in [-0.15, -0.1) is 0 Å². The van der Waals surface area contributed by atoms with E-state index in [-0.39, 0.29) is 23.7 Å². The van der Waals surface area contributed by atoms with Crippen LogP contribution in [0.25, 0.3) is 0 Å². The van der Waals surface area contributed by atoms with E-state index in [1.165, 1.54) is 6.07 Å².